The molecule has 1 aromatic carbocycles. The molecular formula is C22H33N5O7. The highest BCUT2D eigenvalue weighted by molar-refractivity contribution is 5.95. The van der Waals surface area contributed by atoms with Crippen molar-refractivity contribution in [3.05, 3.63) is 35.9 Å². The lowest BCUT2D eigenvalue weighted by Crippen LogP contribution is -2.57. The van der Waals surface area contributed by atoms with Crippen LogP contribution in [-0.4, -0.2) is 70.6 Å². The van der Waals surface area contributed by atoms with Crippen LogP contribution in [0.15, 0.2) is 30.3 Å². The molecule has 1 aromatic rings. The molecule has 0 bridgehead atoms. The van der Waals surface area contributed by atoms with Crippen LogP contribution in [0.1, 0.15) is 38.2 Å². The van der Waals surface area contributed by atoms with Crippen molar-refractivity contribution in [1.82, 2.24) is 16.0 Å². The average Bonchev–Trinajstić information content (AvgIpc) is 2.78. The highest BCUT2D eigenvalue weighted by Crippen LogP contribution is 2.06. The van der Waals surface area contributed by atoms with Gasteiger partial charge in [0.15, 0.2) is 0 Å². The summed E-state index contributed by atoms with van der Waals surface area (Å²) in [6.45, 7) is 1.62. The van der Waals surface area contributed by atoms with Crippen LogP contribution in [0, 0.1) is 0 Å². The van der Waals surface area contributed by atoms with E-state index in [2.05, 4.69) is 16.0 Å². The number of hydrogen-bond acceptors (Lipinski definition) is 7. The first-order valence-electron chi connectivity index (χ1n) is 10.9. The number of rotatable bonds is 15. The highest BCUT2D eigenvalue weighted by Gasteiger charge is 2.30. The molecule has 4 unspecified atom stereocenters. The summed E-state index contributed by atoms with van der Waals surface area (Å²) in [5.74, 6) is -4.99. The Labute approximate surface area is 197 Å². The van der Waals surface area contributed by atoms with Crippen LogP contribution in [0.5, 0.6) is 0 Å². The van der Waals surface area contributed by atoms with Gasteiger partial charge < -0.3 is 37.6 Å². The van der Waals surface area contributed by atoms with E-state index in [1.165, 1.54) is 6.92 Å². The summed E-state index contributed by atoms with van der Waals surface area (Å²) in [7, 11) is 0. The first-order chi connectivity index (χ1) is 16.0. The van der Waals surface area contributed by atoms with Gasteiger partial charge in [-0.15, -0.1) is 0 Å². The normalized spacial score (nSPS) is 14.2. The Hall–Kier alpha value is -3.51. The molecular weight excluding hydrogens is 446 g/mol. The third-order valence-electron chi connectivity index (χ3n) is 4.96. The second-order valence-electron chi connectivity index (χ2n) is 7.87. The Morgan fingerprint density at radius 1 is 0.882 bits per heavy atom. The first-order valence-corrected chi connectivity index (χ1v) is 10.9. The fourth-order valence-electron chi connectivity index (χ4n) is 3.03. The minimum absolute atomic E-state index is 0.141. The zero-order valence-corrected chi connectivity index (χ0v) is 19.0. The molecule has 0 spiro atoms. The number of nitrogens with one attached hydrogen (secondary N) is 3. The van der Waals surface area contributed by atoms with Crippen LogP contribution in [0.2, 0.25) is 0 Å². The molecule has 188 valence electrons. The van der Waals surface area contributed by atoms with Gasteiger partial charge in [0.1, 0.15) is 18.1 Å². The lowest BCUT2D eigenvalue weighted by atomic mass is 10.0. The van der Waals surface area contributed by atoms with Gasteiger partial charge in [-0.1, -0.05) is 30.3 Å². The zero-order valence-electron chi connectivity index (χ0n) is 19.0. The number of carbonyl (C=O) groups is 5. The van der Waals surface area contributed by atoms with Gasteiger partial charge in [0, 0.05) is 0 Å². The minimum Gasteiger partial charge on any atom is -0.481 e. The molecule has 0 saturated heterocycles. The largest absolute Gasteiger partial charge is 0.481 e. The lowest BCUT2D eigenvalue weighted by molar-refractivity contribution is -0.143. The molecule has 0 radical (unpaired) electrons. The minimum atomic E-state index is -1.49. The van der Waals surface area contributed by atoms with Gasteiger partial charge in [0.2, 0.25) is 17.7 Å². The molecule has 1 rings (SSSR count). The number of carboxylic acids is 2. The molecule has 4 atom stereocenters. The van der Waals surface area contributed by atoms with E-state index >= 15 is 0 Å². The summed E-state index contributed by atoms with van der Waals surface area (Å²) in [5, 5.41) is 25.2. The van der Waals surface area contributed by atoms with Crippen molar-refractivity contribution in [3.8, 4) is 0 Å². The molecule has 0 aliphatic heterocycles. The number of carbonyl (C=O) groups excluding carboxylic acids is 3. The van der Waals surface area contributed by atoms with Gasteiger partial charge in [-0.2, -0.15) is 0 Å². The first kappa shape index (κ1) is 28.5. The van der Waals surface area contributed by atoms with Crippen molar-refractivity contribution < 1.29 is 34.2 Å². The smallest absolute Gasteiger partial charge is 0.325 e. The summed E-state index contributed by atoms with van der Waals surface area (Å²) >= 11 is 0. The summed E-state index contributed by atoms with van der Waals surface area (Å²) < 4.78 is 0. The molecule has 12 nitrogen and oxygen atoms in total. The lowest BCUT2D eigenvalue weighted by Gasteiger charge is -2.24. The molecule has 12 heteroatoms. The summed E-state index contributed by atoms with van der Waals surface area (Å²) in [4.78, 5) is 60.2. The Balaban J connectivity index is 2.90. The fourth-order valence-corrected chi connectivity index (χ4v) is 3.03. The highest BCUT2D eigenvalue weighted by atomic mass is 16.4. The topological polar surface area (TPSA) is 214 Å². The molecule has 0 saturated carbocycles. The number of nitrogens with two attached hydrogens (primary N) is 2. The van der Waals surface area contributed by atoms with Crippen LogP contribution >= 0.6 is 0 Å². The quantitative estimate of drug-likeness (QED) is 0.149. The Bertz CT molecular complexity index is 849. The van der Waals surface area contributed by atoms with Crippen molar-refractivity contribution in [3.63, 3.8) is 0 Å². The van der Waals surface area contributed by atoms with E-state index in [1.54, 1.807) is 30.3 Å². The van der Waals surface area contributed by atoms with E-state index in [0.29, 0.717) is 19.4 Å². The van der Waals surface area contributed by atoms with E-state index in [0.717, 1.165) is 5.56 Å². The van der Waals surface area contributed by atoms with Gasteiger partial charge in [0.25, 0.3) is 0 Å². The Morgan fingerprint density at radius 2 is 1.47 bits per heavy atom. The Kier molecular flexibility index (Phi) is 12.2. The number of carboxylic acid groups (broad SMARTS) is 2. The number of amides is 3. The van der Waals surface area contributed by atoms with Crippen molar-refractivity contribution in [2.24, 2.45) is 11.5 Å². The maximum Gasteiger partial charge on any atom is 0.325 e. The summed E-state index contributed by atoms with van der Waals surface area (Å²) in [5.41, 5.74) is 12.2. The maximum absolute atomic E-state index is 12.8. The molecule has 34 heavy (non-hydrogen) atoms. The van der Waals surface area contributed by atoms with E-state index in [4.69, 9.17) is 16.6 Å². The molecule has 0 fully saturated rings. The van der Waals surface area contributed by atoms with Gasteiger partial charge in [-0.25, -0.2) is 0 Å². The third-order valence-corrected chi connectivity index (χ3v) is 4.96. The summed E-state index contributed by atoms with van der Waals surface area (Å²) in [6, 6.07) is 4.04. The van der Waals surface area contributed by atoms with Crippen molar-refractivity contribution in [2.75, 3.05) is 6.54 Å². The van der Waals surface area contributed by atoms with Crippen molar-refractivity contribution in [2.45, 2.75) is 63.2 Å². The second kappa shape index (κ2) is 14.6. The van der Waals surface area contributed by atoms with Crippen LogP contribution in [0.4, 0.5) is 0 Å². The van der Waals surface area contributed by atoms with Crippen molar-refractivity contribution >= 4 is 29.7 Å². The number of aliphatic carboxylic acids is 2. The molecule has 9 N–H and O–H groups in total. The van der Waals surface area contributed by atoms with E-state index < -0.39 is 60.2 Å². The molecule has 0 heterocycles. The molecule has 0 aliphatic rings. The van der Waals surface area contributed by atoms with Crippen LogP contribution < -0.4 is 27.4 Å². The van der Waals surface area contributed by atoms with Crippen LogP contribution in [0.3, 0.4) is 0 Å². The SMILES string of the molecule is CC(NC(=O)C(CCCCN)NC(=O)C(CC(=O)O)NC(=O)C(N)Cc1ccccc1)C(=O)O. The molecule has 0 aliphatic carbocycles. The van der Waals surface area contributed by atoms with Crippen molar-refractivity contribution in [1.29, 1.82) is 0 Å². The standard InChI is InChI=1S/C22H33N5O7/c1-13(22(33)34)25-20(31)16(9-5-6-10-23)26-21(32)17(12-18(28)29)27-19(30)15(24)11-14-7-3-2-4-8-14/h2-4,7-8,13,15-17H,5-6,9-12,23-24H2,1H3,(H,25,31)(H,26,32)(H,27,30)(H,28,29)(H,33,34). The predicted molar refractivity (Wildman–Crippen MR) is 122 cm³/mol. The third kappa shape index (κ3) is 10.4. The molecule has 3 amide bonds. The number of hydrogen-bond donors (Lipinski definition) is 7. The van der Waals surface area contributed by atoms with Gasteiger partial charge in [0.05, 0.1) is 12.5 Å². The van der Waals surface area contributed by atoms with Gasteiger partial charge >= 0.3 is 11.9 Å². The summed E-state index contributed by atoms with van der Waals surface area (Å²) in [6.07, 6.45) is 0.581. The van der Waals surface area contributed by atoms with E-state index in [1.807, 2.05) is 0 Å². The zero-order chi connectivity index (χ0) is 25.7. The Morgan fingerprint density at radius 3 is 2.03 bits per heavy atom. The number of unbranched alkanes of at least 4 members (excludes halogenated alkanes) is 1. The molecule has 0 aromatic heterocycles. The average molecular weight is 480 g/mol. The van der Waals surface area contributed by atoms with E-state index in [-0.39, 0.29) is 12.8 Å². The van der Waals surface area contributed by atoms with E-state index in [9.17, 15) is 29.1 Å². The van der Waals surface area contributed by atoms with Crippen LogP contribution in [0.25, 0.3) is 0 Å². The van der Waals surface area contributed by atoms with Gasteiger partial charge in [-0.05, 0) is 44.7 Å². The fraction of sp³-hybridized carbons (Fsp3) is 0.500. The van der Waals surface area contributed by atoms with Gasteiger partial charge in [-0.3, -0.25) is 24.0 Å². The second-order valence-corrected chi connectivity index (χ2v) is 7.87. The predicted octanol–water partition coefficient (Wildman–Crippen LogP) is -1.28. The maximum atomic E-state index is 12.8. The number of benzene rings is 1. The van der Waals surface area contributed by atoms with Crippen LogP contribution in [-0.2, 0) is 30.4 Å². The monoisotopic (exact) mass is 479 g/mol.